The van der Waals surface area contributed by atoms with E-state index in [9.17, 15) is 18.0 Å². The molecule has 9 heteroatoms. The first-order valence-corrected chi connectivity index (χ1v) is 15.5. The van der Waals surface area contributed by atoms with Gasteiger partial charge in [0.2, 0.25) is 5.91 Å². The van der Waals surface area contributed by atoms with Crippen LogP contribution in [0.2, 0.25) is 0 Å². The van der Waals surface area contributed by atoms with Crippen molar-refractivity contribution in [3.05, 3.63) is 77.4 Å². The predicted octanol–water partition coefficient (Wildman–Crippen LogP) is 5.89. The number of methoxy groups -OCH3 is 1. The Labute approximate surface area is 243 Å². The van der Waals surface area contributed by atoms with E-state index in [2.05, 4.69) is 11.6 Å². The van der Waals surface area contributed by atoms with E-state index >= 15 is 0 Å². The van der Waals surface area contributed by atoms with Crippen LogP contribution in [-0.4, -0.2) is 58.3 Å². The van der Waals surface area contributed by atoms with E-state index in [0.29, 0.717) is 28.8 Å². The van der Waals surface area contributed by atoms with E-state index in [1.807, 2.05) is 30.1 Å². The third-order valence-corrected chi connectivity index (χ3v) is 8.99. The van der Waals surface area contributed by atoms with Gasteiger partial charge in [-0.2, -0.15) is 0 Å². The molecule has 0 saturated heterocycles. The van der Waals surface area contributed by atoms with Crippen molar-refractivity contribution in [3.8, 4) is 16.9 Å². The molecule has 1 unspecified atom stereocenters. The van der Waals surface area contributed by atoms with Gasteiger partial charge in [-0.3, -0.25) is 14.3 Å². The first-order valence-electron chi connectivity index (χ1n) is 14.0. The lowest BCUT2D eigenvalue weighted by Gasteiger charge is -2.34. The highest BCUT2D eigenvalue weighted by Crippen LogP contribution is 2.37. The van der Waals surface area contributed by atoms with Gasteiger partial charge in [0.15, 0.2) is 0 Å². The number of sulfonamides is 1. The second kappa shape index (κ2) is 12.8. The van der Waals surface area contributed by atoms with Crippen molar-refractivity contribution >= 4 is 27.5 Å². The Balaban J connectivity index is 1.66. The van der Waals surface area contributed by atoms with Crippen molar-refractivity contribution in [2.45, 2.75) is 56.4 Å². The van der Waals surface area contributed by atoms with Gasteiger partial charge in [-0.05, 0) is 84.3 Å². The fraction of sp³-hybridized carbons (Fsp3) is 0.375. The smallest absolute Gasteiger partial charge is 0.265 e. The highest BCUT2D eigenvalue weighted by Gasteiger charge is 2.28. The zero-order valence-corrected chi connectivity index (χ0v) is 25.3. The molecule has 1 N–H and O–H groups in total. The third-order valence-electron chi connectivity index (χ3n) is 7.59. The molecular formula is C32H39N3O5S. The number of rotatable bonds is 10. The second-order valence-corrected chi connectivity index (χ2v) is 12.3. The van der Waals surface area contributed by atoms with Crippen LogP contribution in [0.4, 0.5) is 5.69 Å². The number of ether oxygens (including phenoxy) is 1. The molecule has 0 fully saturated rings. The number of carbonyl (C=O) groups excluding carboxylic acids is 2. The lowest BCUT2D eigenvalue weighted by molar-refractivity contribution is -0.132. The SMILES string of the molecule is CCCCC(=O)N(C)C1CCCc2ccc(NS(=O)(=O)c3cc(-c4cccc(C(=O)N(C)C)c4)ccc3OC)cc21. The first-order chi connectivity index (χ1) is 19.6. The van der Waals surface area contributed by atoms with Gasteiger partial charge in [0.05, 0.1) is 13.2 Å². The molecule has 0 saturated carbocycles. The average Bonchev–Trinajstić information content (AvgIpc) is 2.98. The number of aryl methyl sites for hydroxylation is 1. The van der Waals surface area contributed by atoms with E-state index in [1.54, 1.807) is 56.6 Å². The Bertz CT molecular complexity index is 1530. The van der Waals surface area contributed by atoms with Crippen molar-refractivity contribution in [3.63, 3.8) is 0 Å². The molecule has 1 atom stereocenters. The molecule has 1 aliphatic carbocycles. The Morgan fingerprint density at radius 3 is 2.46 bits per heavy atom. The largest absolute Gasteiger partial charge is 0.495 e. The molecule has 0 radical (unpaired) electrons. The lowest BCUT2D eigenvalue weighted by Crippen LogP contribution is -2.33. The topological polar surface area (TPSA) is 96.0 Å². The Morgan fingerprint density at radius 2 is 1.76 bits per heavy atom. The minimum atomic E-state index is -4.05. The third kappa shape index (κ3) is 6.73. The molecule has 0 bridgehead atoms. The zero-order chi connectivity index (χ0) is 29.7. The summed E-state index contributed by atoms with van der Waals surface area (Å²) in [6.45, 7) is 2.06. The molecule has 0 heterocycles. The normalized spacial score (nSPS) is 14.6. The highest BCUT2D eigenvalue weighted by molar-refractivity contribution is 7.92. The molecule has 41 heavy (non-hydrogen) atoms. The van der Waals surface area contributed by atoms with Crippen LogP contribution in [0.3, 0.4) is 0 Å². The molecule has 8 nitrogen and oxygen atoms in total. The summed E-state index contributed by atoms with van der Waals surface area (Å²) >= 11 is 0. The van der Waals surface area contributed by atoms with Crippen LogP contribution in [0.25, 0.3) is 11.1 Å². The van der Waals surface area contributed by atoms with Crippen molar-refractivity contribution in [1.82, 2.24) is 9.80 Å². The zero-order valence-electron chi connectivity index (χ0n) is 24.4. The Kier molecular flexibility index (Phi) is 9.38. The maximum atomic E-state index is 13.7. The van der Waals surface area contributed by atoms with Crippen molar-refractivity contribution in [1.29, 1.82) is 0 Å². The van der Waals surface area contributed by atoms with Gasteiger partial charge in [0, 0.05) is 38.8 Å². The summed E-state index contributed by atoms with van der Waals surface area (Å²) in [5, 5.41) is 0. The fourth-order valence-corrected chi connectivity index (χ4v) is 6.53. The van der Waals surface area contributed by atoms with Crippen molar-refractivity contribution in [2.75, 3.05) is 33.0 Å². The van der Waals surface area contributed by atoms with Crippen LogP contribution in [-0.2, 0) is 21.2 Å². The number of nitrogens with one attached hydrogen (secondary N) is 1. The van der Waals surface area contributed by atoms with Gasteiger partial charge in [0.1, 0.15) is 10.6 Å². The summed E-state index contributed by atoms with van der Waals surface area (Å²) in [6, 6.07) is 17.5. The average molecular weight is 578 g/mol. The van der Waals surface area contributed by atoms with E-state index in [1.165, 1.54) is 12.0 Å². The summed E-state index contributed by atoms with van der Waals surface area (Å²) in [5.41, 5.74) is 4.39. The van der Waals surface area contributed by atoms with Crippen LogP contribution in [0, 0.1) is 0 Å². The predicted molar refractivity (Wildman–Crippen MR) is 162 cm³/mol. The van der Waals surface area contributed by atoms with Gasteiger partial charge < -0.3 is 14.5 Å². The minimum absolute atomic E-state index is 0.0111. The summed E-state index contributed by atoms with van der Waals surface area (Å²) in [7, 11) is 2.59. The lowest BCUT2D eigenvalue weighted by atomic mass is 9.86. The molecule has 3 aromatic rings. The van der Waals surface area contributed by atoms with Gasteiger partial charge in [0.25, 0.3) is 15.9 Å². The van der Waals surface area contributed by atoms with Gasteiger partial charge in [-0.25, -0.2) is 8.42 Å². The van der Waals surface area contributed by atoms with E-state index in [4.69, 9.17) is 4.74 Å². The maximum Gasteiger partial charge on any atom is 0.265 e. The van der Waals surface area contributed by atoms with E-state index < -0.39 is 10.0 Å². The monoisotopic (exact) mass is 577 g/mol. The van der Waals surface area contributed by atoms with Gasteiger partial charge in [-0.1, -0.05) is 37.6 Å². The number of amides is 2. The number of anilines is 1. The van der Waals surface area contributed by atoms with E-state index in [0.717, 1.165) is 43.2 Å². The number of nitrogens with zero attached hydrogens (tertiary/aromatic N) is 2. The first kappa shape index (κ1) is 30.1. The number of hydrogen-bond donors (Lipinski definition) is 1. The molecule has 3 aromatic carbocycles. The van der Waals surface area contributed by atoms with Crippen LogP contribution >= 0.6 is 0 Å². The van der Waals surface area contributed by atoms with Crippen LogP contribution < -0.4 is 9.46 Å². The number of carbonyl (C=O) groups is 2. The summed E-state index contributed by atoms with van der Waals surface area (Å²) < 4.78 is 35.6. The van der Waals surface area contributed by atoms with E-state index in [-0.39, 0.29) is 28.5 Å². The standard InChI is InChI=1S/C32H39N3O5S/c1-6-7-14-31(36)35(4)28-13-9-10-22-15-17-26(21-27(22)28)33-41(38,39)30-20-24(16-18-29(30)40-5)23-11-8-12-25(19-23)32(37)34(2)3/h8,11-12,15-21,28,33H,6-7,9-10,13-14H2,1-5H3. The number of fused-ring (bicyclic) bond motifs is 1. The van der Waals surface area contributed by atoms with Gasteiger partial charge >= 0.3 is 0 Å². The molecule has 218 valence electrons. The number of benzene rings is 3. The summed E-state index contributed by atoms with van der Waals surface area (Å²) in [6.07, 6.45) is 5.01. The Morgan fingerprint density at radius 1 is 1.00 bits per heavy atom. The summed E-state index contributed by atoms with van der Waals surface area (Å²) in [4.78, 5) is 28.6. The Hall–Kier alpha value is -3.85. The molecule has 2 amide bonds. The fourth-order valence-electron chi connectivity index (χ4n) is 5.28. The molecule has 0 aliphatic heterocycles. The maximum absolute atomic E-state index is 13.7. The quantitative estimate of drug-likeness (QED) is 0.324. The second-order valence-electron chi connectivity index (χ2n) is 10.7. The van der Waals surface area contributed by atoms with Crippen LogP contribution in [0.1, 0.15) is 66.6 Å². The number of hydrogen-bond acceptors (Lipinski definition) is 5. The minimum Gasteiger partial charge on any atom is -0.495 e. The van der Waals surface area contributed by atoms with Crippen LogP contribution in [0.5, 0.6) is 5.75 Å². The molecule has 1 aliphatic rings. The number of unbranched alkanes of at least 4 members (excludes halogenated alkanes) is 1. The van der Waals surface area contributed by atoms with Crippen LogP contribution in [0.15, 0.2) is 65.6 Å². The molecular weight excluding hydrogens is 538 g/mol. The summed E-state index contributed by atoms with van der Waals surface area (Å²) in [5.74, 6) is 0.172. The molecule has 4 rings (SSSR count). The molecule has 0 spiro atoms. The van der Waals surface area contributed by atoms with Crippen molar-refractivity contribution in [2.24, 2.45) is 0 Å². The van der Waals surface area contributed by atoms with Gasteiger partial charge in [-0.15, -0.1) is 0 Å². The highest BCUT2D eigenvalue weighted by atomic mass is 32.2. The molecule has 0 aromatic heterocycles. The van der Waals surface area contributed by atoms with Crippen molar-refractivity contribution < 1.29 is 22.7 Å².